The molecule has 0 atom stereocenters. The average Bonchev–Trinajstić information content (AvgIpc) is 3.09. The lowest BCUT2D eigenvalue weighted by atomic mass is 10.2. The van der Waals surface area contributed by atoms with Crippen molar-refractivity contribution in [3.63, 3.8) is 0 Å². The zero-order valence-corrected chi connectivity index (χ0v) is 9.44. The summed E-state index contributed by atoms with van der Waals surface area (Å²) in [5, 5.41) is 10.8. The number of nitrogens with zero attached hydrogens (tertiary/aromatic N) is 1. The van der Waals surface area contributed by atoms with Gasteiger partial charge >= 0.3 is 5.69 Å². The van der Waals surface area contributed by atoms with Crippen molar-refractivity contribution < 1.29 is 9.66 Å². The summed E-state index contributed by atoms with van der Waals surface area (Å²) in [6.07, 6.45) is 2.32. The molecule has 1 aliphatic carbocycles. The number of nitro groups is 1. The molecule has 0 unspecified atom stereocenters. The van der Waals surface area contributed by atoms with Crippen LogP contribution in [-0.2, 0) is 5.88 Å². The van der Waals surface area contributed by atoms with Crippen LogP contribution < -0.4 is 4.74 Å². The zero-order chi connectivity index (χ0) is 11.5. The molecule has 0 aromatic heterocycles. The minimum absolute atomic E-state index is 0.00111. The number of rotatable bonds is 5. The fourth-order valence-corrected chi connectivity index (χ4v) is 1.57. The number of halogens is 1. The Bertz CT molecular complexity index is 404. The van der Waals surface area contributed by atoms with Gasteiger partial charge in [0.1, 0.15) is 0 Å². The maximum atomic E-state index is 10.8. The maximum absolute atomic E-state index is 10.8. The zero-order valence-electron chi connectivity index (χ0n) is 8.69. The molecule has 86 valence electrons. The molecule has 1 fully saturated rings. The summed E-state index contributed by atoms with van der Waals surface area (Å²) in [4.78, 5) is 10.4. The van der Waals surface area contributed by atoms with Gasteiger partial charge in [0.25, 0.3) is 0 Å². The smallest absolute Gasteiger partial charge is 0.311 e. The van der Waals surface area contributed by atoms with Crippen LogP contribution in [0.1, 0.15) is 18.4 Å². The van der Waals surface area contributed by atoms with E-state index in [1.165, 1.54) is 6.07 Å². The second-order valence-electron chi connectivity index (χ2n) is 3.95. The fraction of sp³-hybridized carbons (Fsp3) is 0.455. The third-order valence-corrected chi connectivity index (χ3v) is 2.85. The summed E-state index contributed by atoms with van der Waals surface area (Å²) in [7, 11) is 0. The summed E-state index contributed by atoms with van der Waals surface area (Å²) in [6, 6.07) is 4.84. The highest BCUT2D eigenvalue weighted by Gasteiger charge is 2.24. The molecule has 16 heavy (non-hydrogen) atoms. The van der Waals surface area contributed by atoms with Gasteiger partial charge in [-0.15, -0.1) is 11.6 Å². The first-order valence-electron chi connectivity index (χ1n) is 5.17. The summed E-state index contributed by atoms with van der Waals surface area (Å²) in [5.41, 5.74) is 0.728. The number of nitro benzene ring substituents is 1. The van der Waals surface area contributed by atoms with Crippen molar-refractivity contribution in [3.05, 3.63) is 33.9 Å². The van der Waals surface area contributed by atoms with E-state index in [9.17, 15) is 10.1 Å². The van der Waals surface area contributed by atoms with Crippen LogP contribution in [0.4, 0.5) is 5.69 Å². The highest BCUT2D eigenvalue weighted by molar-refractivity contribution is 6.17. The van der Waals surface area contributed by atoms with Gasteiger partial charge in [-0.3, -0.25) is 10.1 Å². The molecule has 0 radical (unpaired) electrons. The van der Waals surface area contributed by atoms with Gasteiger partial charge in [-0.2, -0.15) is 0 Å². The third kappa shape index (κ3) is 2.64. The van der Waals surface area contributed by atoms with Crippen molar-refractivity contribution >= 4 is 17.3 Å². The van der Waals surface area contributed by atoms with Crippen LogP contribution in [0.2, 0.25) is 0 Å². The van der Waals surface area contributed by atoms with Crippen LogP contribution in [0.25, 0.3) is 0 Å². The number of alkyl halides is 1. The summed E-state index contributed by atoms with van der Waals surface area (Å²) < 4.78 is 5.44. The van der Waals surface area contributed by atoms with Gasteiger partial charge in [-0.05, 0) is 30.4 Å². The highest BCUT2D eigenvalue weighted by atomic mass is 35.5. The Kier molecular flexibility index (Phi) is 3.29. The molecule has 1 aromatic rings. The molecule has 0 N–H and O–H groups in total. The van der Waals surface area contributed by atoms with E-state index in [1.807, 2.05) is 0 Å². The second kappa shape index (κ2) is 4.70. The van der Waals surface area contributed by atoms with Crippen molar-refractivity contribution in [3.8, 4) is 5.75 Å². The quantitative estimate of drug-likeness (QED) is 0.452. The molecule has 0 bridgehead atoms. The van der Waals surface area contributed by atoms with Gasteiger partial charge < -0.3 is 4.74 Å². The molecule has 1 saturated carbocycles. The molecular formula is C11H12ClNO3. The summed E-state index contributed by atoms with van der Waals surface area (Å²) >= 11 is 5.63. The van der Waals surface area contributed by atoms with Crippen LogP contribution in [0, 0.1) is 16.0 Å². The molecular weight excluding hydrogens is 230 g/mol. The van der Waals surface area contributed by atoms with Gasteiger partial charge in [-0.25, -0.2) is 0 Å². The Morgan fingerprint density at radius 3 is 2.81 bits per heavy atom. The Hall–Kier alpha value is -1.29. The van der Waals surface area contributed by atoms with Crippen LogP contribution in [0.3, 0.4) is 0 Å². The van der Waals surface area contributed by atoms with E-state index in [1.54, 1.807) is 12.1 Å². The van der Waals surface area contributed by atoms with E-state index in [-0.39, 0.29) is 11.6 Å². The SMILES string of the molecule is O=[N+]([O-])c1cc(CCl)ccc1OCC1CC1. The monoisotopic (exact) mass is 241 g/mol. The van der Waals surface area contributed by atoms with Crippen molar-refractivity contribution in [2.24, 2.45) is 5.92 Å². The first-order chi connectivity index (χ1) is 7.70. The predicted molar refractivity (Wildman–Crippen MR) is 60.9 cm³/mol. The van der Waals surface area contributed by atoms with Gasteiger partial charge in [-0.1, -0.05) is 6.07 Å². The van der Waals surface area contributed by atoms with Crippen LogP contribution >= 0.6 is 11.6 Å². The van der Waals surface area contributed by atoms with E-state index in [4.69, 9.17) is 16.3 Å². The predicted octanol–water partition coefficient (Wildman–Crippen LogP) is 3.12. The Morgan fingerprint density at radius 1 is 1.50 bits per heavy atom. The van der Waals surface area contributed by atoms with E-state index >= 15 is 0 Å². The van der Waals surface area contributed by atoms with Gasteiger partial charge in [0, 0.05) is 11.9 Å². The van der Waals surface area contributed by atoms with Gasteiger partial charge in [0.2, 0.25) is 0 Å². The maximum Gasteiger partial charge on any atom is 0.311 e. The Morgan fingerprint density at radius 2 is 2.25 bits per heavy atom. The van der Waals surface area contributed by atoms with E-state index < -0.39 is 4.92 Å². The molecule has 0 spiro atoms. The molecule has 1 aromatic carbocycles. The number of benzene rings is 1. The lowest BCUT2D eigenvalue weighted by Gasteiger charge is -2.06. The molecule has 5 heteroatoms. The standard InChI is InChI=1S/C11H12ClNO3/c12-6-9-3-4-11(10(5-9)13(14)15)16-7-8-1-2-8/h3-5,8H,1-2,6-7H2. The van der Waals surface area contributed by atoms with E-state index in [2.05, 4.69) is 0 Å². The second-order valence-corrected chi connectivity index (χ2v) is 4.21. The van der Waals surface area contributed by atoms with E-state index in [0.29, 0.717) is 18.3 Å². The van der Waals surface area contributed by atoms with Gasteiger partial charge in [0.05, 0.1) is 11.5 Å². The normalized spacial score (nSPS) is 14.8. The van der Waals surface area contributed by atoms with Crippen molar-refractivity contribution in [2.45, 2.75) is 18.7 Å². The topological polar surface area (TPSA) is 52.4 Å². The van der Waals surface area contributed by atoms with Crippen LogP contribution in [0.5, 0.6) is 5.75 Å². The van der Waals surface area contributed by atoms with Crippen LogP contribution in [0.15, 0.2) is 18.2 Å². The molecule has 0 saturated heterocycles. The fourth-order valence-electron chi connectivity index (χ4n) is 1.40. The first kappa shape index (κ1) is 11.2. The van der Waals surface area contributed by atoms with Crippen molar-refractivity contribution in [1.82, 2.24) is 0 Å². The molecule has 0 amide bonds. The summed E-state index contributed by atoms with van der Waals surface area (Å²) in [6.45, 7) is 0.570. The van der Waals surface area contributed by atoms with Gasteiger partial charge in [0.15, 0.2) is 5.75 Å². The molecule has 2 rings (SSSR count). The van der Waals surface area contributed by atoms with Crippen LogP contribution in [-0.4, -0.2) is 11.5 Å². The Labute approximate surface area is 98.3 Å². The molecule has 4 nitrogen and oxygen atoms in total. The van der Waals surface area contributed by atoms with Crippen molar-refractivity contribution in [1.29, 1.82) is 0 Å². The molecule has 1 aliphatic rings. The third-order valence-electron chi connectivity index (χ3n) is 2.55. The molecule has 0 aliphatic heterocycles. The lowest BCUT2D eigenvalue weighted by molar-refractivity contribution is -0.385. The number of hydrogen-bond acceptors (Lipinski definition) is 3. The lowest BCUT2D eigenvalue weighted by Crippen LogP contribution is -2.02. The average molecular weight is 242 g/mol. The highest BCUT2D eigenvalue weighted by Crippen LogP contribution is 2.33. The minimum Gasteiger partial charge on any atom is -0.487 e. The minimum atomic E-state index is -0.432. The number of ether oxygens (including phenoxy) is 1. The first-order valence-corrected chi connectivity index (χ1v) is 5.70. The Balaban J connectivity index is 2.16. The van der Waals surface area contributed by atoms with Crippen molar-refractivity contribution in [2.75, 3.05) is 6.61 Å². The van der Waals surface area contributed by atoms with E-state index in [0.717, 1.165) is 18.4 Å². The summed E-state index contributed by atoms with van der Waals surface area (Å²) in [5.74, 6) is 1.18. The largest absolute Gasteiger partial charge is 0.487 e. The molecule has 0 heterocycles. The number of hydrogen-bond donors (Lipinski definition) is 0.